The van der Waals surface area contributed by atoms with Gasteiger partial charge in [-0.3, -0.25) is 9.59 Å². The molecule has 3 rings (SSSR count). The Morgan fingerprint density at radius 2 is 1.58 bits per heavy atom. The van der Waals surface area contributed by atoms with Gasteiger partial charge in [-0.2, -0.15) is 4.98 Å². The molecule has 33 heavy (non-hydrogen) atoms. The van der Waals surface area contributed by atoms with Crippen LogP contribution in [0, 0.1) is 0 Å². The van der Waals surface area contributed by atoms with E-state index in [9.17, 15) is 9.59 Å². The molecular weight excluding hydrogens is 424 g/mol. The van der Waals surface area contributed by atoms with Crippen molar-refractivity contribution in [2.45, 2.75) is 26.2 Å². The van der Waals surface area contributed by atoms with E-state index in [0.717, 1.165) is 0 Å². The van der Waals surface area contributed by atoms with Crippen LogP contribution in [0.4, 0.5) is 0 Å². The summed E-state index contributed by atoms with van der Waals surface area (Å²) in [5, 5.41) is 9.12. The summed E-state index contributed by atoms with van der Waals surface area (Å²) < 4.78 is 15.6. The fourth-order valence-corrected chi connectivity index (χ4v) is 2.88. The molecule has 0 unspecified atom stereocenters. The molecule has 2 aromatic carbocycles. The number of amides is 2. The molecule has 0 aliphatic rings. The first-order valence-corrected chi connectivity index (χ1v) is 10.5. The molecule has 0 bridgehead atoms. The molecule has 0 spiro atoms. The van der Waals surface area contributed by atoms with Crippen molar-refractivity contribution in [1.29, 1.82) is 0 Å². The van der Waals surface area contributed by atoms with E-state index in [-0.39, 0.29) is 36.9 Å². The van der Waals surface area contributed by atoms with Crippen molar-refractivity contribution in [3.05, 3.63) is 60.0 Å². The number of methoxy groups -OCH3 is 1. The lowest BCUT2D eigenvalue weighted by atomic mass is 9.87. The van der Waals surface area contributed by atoms with Gasteiger partial charge in [0.05, 0.1) is 7.11 Å². The second-order valence-electron chi connectivity index (χ2n) is 8.32. The highest BCUT2D eigenvalue weighted by Crippen LogP contribution is 2.24. The number of aromatic nitrogens is 2. The van der Waals surface area contributed by atoms with Gasteiger partial charge < -0.3 is 24.6 Å². The minimum absolute atomic E-state index is 0.0544. The van der Waals surface area contributed by atoms with Gasteiger partial charge in [0.1, 0.15) is 11.5 Å². The van der Waals surface area contributed by atoms with Gasteiger partial charge in [-0.15, -0.1) is 0 Å². The molecular formula is C24H28N4O5. The molecule has 1 aromatic heterocycles. The van der Waals surface area contributed by atoms with Gasteiger partial charge in [-0.05, 0) is 47.4 Å². The smallest absolute Gasteiger partial charge is 0.316 e. The van der Waals surface area contributed by atoms with Gasteiger partial charge in [0.25, 0.3) is 5.91 Å². The summed E-state index contributed by atoms with van der Waals surface area (Å²) in [4.78, 5) is 28.2. The van der Waals surface area contributed by atoms with Crippen LogP contribution in [0.1, 0.15) is 37.0 Å². The molecule has 2 N–H and O–H groups in total. The first-order valence-electron chi connectivity index (χ1n) is 10.5. The molecule has 0 aliphatic heterocycles. The zero-order chi connectivity index (χ0) is 23.8. The van der Waals surface area contributed by atoms with Crippen LogP contribution in [0.5, 0.6) is 11.5 Å². The van der Waals surface area contributed by atoms with Crippen LogP contribution in [0.2, 0.25) is 0 Å². The van der Waals surface area contributed by atoms with Gasteiger partial charge in [-0.1, -0.05) is 38.1 Å². The highest BCUT2D eigenvalue weighted by molar-refractivity contribution is 5.89. The van der Waals surface area contributed by atoms with Gasteiger partial charge in [0.15, 0.2) is 6.61 Å². The average molecular weight is 453 g/mol. The molecule has 2 amide bonds. The molecule has 9 nitrogen and oxygen atoms in total. The molecule has 0 radical (unpaired) electrons. The Kier molecular flexibility index (Phi) is 7.66. The minimum Gasteiger partial charge on any atom is -0.497 e. The zero-order valence-electron chi connectivity index (χ0n) is 19.2. The number of carbonyl (C=O) groups is 2. The van der Waals surface area contributed by atoms with Crippen LogP contribution < -0.4 is 20.1 Å². The minimum atomic E-state index is -0.522. The van der Waals surface area contributed by atoms with Gasteiger partial charge in [-0.25, -0.2) is 0 Å². The Morgan fingerprint density at radius 1 is 0.939 bits per heavy atom. The average Bonchev–Trinajstić information content (AvgIpc) is 3.30. The molecule has 0 saturated carbocycles. The van der Waals surface area contributed by atoms with E-state index in [1.165, 1.54) is 5.56 Å². The van der Waals surface area contributed by atoms with Crippen LogP contribution in [0.3, 0.4) is 0 Å². The second-order valence-corrected chi connectivity index (χ2v) is 8.32. The topological polar surface area (TPSA) is 116 Å². The molecule has 0 aliphatic carbocycles. The quantitative estimate of drug-likeness (QED) is 0.480. The van der Waals surface area contributed by atoms with Crippen LogP contribution >= 0.6 is 0 Å². The number of benzene rings is 2. The number of nitrogens with one attached hydrogen (secondary N) is 2. The molecule has 0 saturated heterocycles. The van der Waals surface area contributed by atoms with Crippen molar-refractivity contribution in [3.8, 4) is 22.9 Å². The third kappa shape index (κ3) is 6.80. The van der Waals surface area contributed by atoms with Gasteiger partial charge >= 0.3 is 11.8 Å². The van der Waals surface area contributed by atoms with Crippen LogP contribution in [0.25, 0.3) is 11.4 Å². The van der Waals surface area contributed by atoms with Crippen molar-refractivity contribution in [1.82, 2.24) is 20.8 Å². The predicted molar refractivity (Wildman–Crippen MR) is 122 cm³/mol. The Balaban J connectivity index is 1.37. The van der Waals surface area contributed by atoms with Gasteiger partial charge in [0, 0.05) is 18.7 Å². The lowest BCUT2D eigenvalue weighted by Gasteiger charge is -2.19. The Bertz CT molecular complexity index is 1070. The van der Waals surface area contributed by atoms with Crippen molar-refractivity contribution >= 4 is 11.8 Å². The van der Waals surface area contributed by atoms with Gasteiger partial charge in [0.2, 0.25) is 5.82 Å². The van der Waals surface area contributed by atoms with E-state index >= 15 is 0 Å². The van der Waals surface area contributed by atoms with E-state index < -0.39 is 5.91 Å². The van der Waals surface area contributed by atoms with E-state index in [0.29, 0.717) is 22.9 Å². The lowest BCUT2D eigenvalue weighted by Crippen LogP contribution is -2.36. The van der Waals surface area contributed by atoms with Crippen molar-refractivity contribution in [3.63, 3.8) is 0 Å². The zero-order valence-corrected chi connectivity index (χ0v) is 19.2. The molecule has 9 heteroatoms. The first kappa shape index (κ1) is 23.8. The number of hydrogen-bond donors (Lipinski definition) is 2. The number of ether oxygens (including phenoxy) is 2. The summed E-state index contributed by atoms with van der Waals surface area (Å²) in [5.74, 6) is 0.648. The van der Waals surface area contributed by atoms with E-state index in [1.807, 2.05) is 24.3 Å². The number of nitrogens with zero attached hydrogens (tertiary/aromatic N) is 2. The summed E-state index contributed by atoms with van der Waals surface area (Å²) in [7, 11) is 1.58. The fraction of sp³-hybridized carbons (Fsp3) is 0.333. The van der Waals surface area contributed by atoms with Crippen LogP contribution in [0.15, 0.2) is 53.1 Å². The van der Waals surface area contributed by atoms with Crippen molar-refractivity contribution < 1.29 is 23.6 Å². The van der Waals surface area contributed by atoms with E-state index in [2.05, 4.69) is 41.5 Å². The molecule has 3 aromatic rings. The lowest BCUT2D eigenvalue weighted by molar-refractivity contribution is -0.123. The van der Waals surface area contributed by atoms with E-state index in [1.54, 1.807) is 31.4 Å². The monoisotopic (exact) mass is 452 g/mol. The summed E-state index contributed by atoms with van der Waals surface area (Å²) in [6.45, 7) is 6.72. The molecule has 0 atom stereocenters. The summed E-state index contributed by atoms with van der Waals surface area (Å²) in [6, 6.07) is 14.7. The Morgan fingerprint density at radius 3 is 2.21 bits per heavy atom. The summed E-state index contributed by atoms with van der Waals surface area (Å²) >= 11 is 0. The first-order chi connectivity index (χ1) is 15.8. The summed E-state index contributed by atoms with van der Waals surface area (Å²) in [6.07, 6.45) is 0. The molecule has 174 valence electrons. The third-order valence-electron chi connectivity index (χ3n) is 4.79. The van der Waals surface area contributed by atoms with Crippen LogP contribution in [-0.4, -0.2) is 48.8 Å². The summed E-state index contributed by atoms with van der Waals surface area (Å²) in [5.41, 5.74) is 1.94. The second kappa shape index (κ2) is 10.6. The normalized spacial score (nSPS) is 11.0. The number of rotatable bonds is 9. The van der Waals surface area contributed by atoms with E-state index in [4.69, 9.17) is 14.0 Å². The largest absolute Gasteiger partial charge is 0.497 e. The SMILES string of the molecule is COc1ccc(-c2noc(C(=O)NCCNC(=O)COc3ccc(C(C)(C)C)cc3)n2)cc1. The molecule has 0 fully saturated rings. The molecule has 1 heterocycles. The third-order valence-corrected chi connectivity index (χ3v) is 4.79. The fourth-order valence-electron chi connectivity index (χ4n) is 2.88. The Labute approximate surface area is 192 Å². The maximum Gasteiger partial charge on any atom is 0.316 e. The number of hydrogen-bond acceptors (Lipinski definition) is 7. The predicted octanol–water partition coefficient (Wildman–Crippen LogP) is 2.97. The standard InChI is InChI=1S/C24H28N4O5/c1-24(2,3)17-7-11-19(12-8-17)32-15-20(29)25-13-14-26-22(30)23-27-21(28-33-23)16-5-9-18(31-4)10-6-16/h5-12H,13-15H2,1-4H3,(H,25,29)(H,26,30). The maximum atomic E-state index is 12.2. The van der Waals surface area contributed by atoms with Crippen LogP contribution in [-0.2, 0) is 10.2 Å². The van der Waals surface area contributed by atoms with Crippen molar-refractivity contribution in [2.75, 3.05) is 26.8 Å². The number of carbonyl (C=O) groups excluding carboxylic acids is 2. The van der Waals surface area contributed by atoms with Crippen molar-refractivity contribution in [2.24, 2.45) is 0 Å². The Hall–Kier alpha value is -3.88. The maximum absolute atomic E-state index is 12.2. The highest BCUT2D eigenvalue weighted by atomic mass is 16.5. The highest BCUT2D eigenvalue weighted by Gasteiger charge is 2.16.